The van der Waals surface area contributed by atoms with E-state index in [-0.39, 0.29) is 10.5 Å². The third-order valence-electron chi connectivity index (χ3n) is 6.24. The Morgan fingerprint density at radius 3 is 2.21 bits per heavy atom. The van der Waals surface area contributed by atoms with Crippen LogP contribution in [0.5, 0.6) is 0 Å². The SMILES string of the molecule is Cc1[nH]c2c(N3CCCCC3)c(-c3ccccc3)nn2c(=O)c1-c1ccc(S(C)(=O)=O)cc1. The molecule has 5 rings (SSSR count). The lowest BCUT2D eigenvalue weighted by Gasteiger charge is -2.28. The number of rotatable bonds is 4. The maximum Gasteiger partial charge on any atom is 0.282 e. The highest BCUT2D eigenvalue weighted by Gasteiger charge is 2.25. The van der Waals surface area contributed by atoms with Crippen molar-refractivity contribution in [2.45, 2.75) is 31.1 Å². The van der Waals surface area contributed by atoms with Crippen LogP contribution in [0.3, 0.4) is 0 Å². The summed E-state index contributed by atoms with van der Waals surface area (Å²) in [6, 6.07) is 16.3. The minimum Gasteiger partial charge on any atom is -0.367 e. The van der Waals surface area contributed by atoms with Gasteiger partial charge in [0.2, 0.25) is 0 Å². The molecule has 1 aliphatic heterocycles. The van der Waals surface area contributed by atoms with E-state index in [1.807, 2.05) is 37.3 Å². The summed E-state index contributed by atoms with van der Waals surface area (Å²) in [6.07, 6.45) is 4.60. The molecule has 1 fully saturated rings. The number of aryl methyl sites for hydroxylation is 1. The molecule has 1 aliphatic rings. The van der Waals surface area contributed by atoms with Gasteiger partial charge in [0.15, 0.2) is 15.5 Å². The highest BCUT2D eigenvalue weighted by Crippen LogP contribution is 2.35. The molecule has 170 valence electrons. The maximum absolute atomic E-state index is 13.7. The van der Waals surface area contributed by atoms with Gasteiger partial charge in [0.25, 0.3) is 5.56 Å². The molecule has 1 N–H and O–H groups in total. The van der Waals surface area contributed by atoms with Crippen LogP contribution < -0.4 is 10.5 Å². The highest BCUT2D eigenvalue weighted by atomic mass is 32.2. The first-order valence-electron chi connectivity index (χ1n) is 11.1. The smallest absolute Gasteiger partial charge is 0.282 e. The number of hydrogen-bond acceptors (Lipinski definition) is 5. The summed E-state index contributed by atoms with van der Waals surface area (Å²) in [4.78, 5) is 19.6. The predicted octanol–water partition coefficient (Wildman–Crippen LogP) is 4.06. The lowest BCUT2D eigenvalue weighted by atomic mass is 10.1. The van der Waals surface area contributed by atoms with Gasteiger partial charge in [-0.25, -0.2) is 8.42 Å². The van der Waals surface area contributed by atoms with Gasteiger partial charge in [-0.3, -0.25) is 4.79 Å². The van der Waals surface area contributed by atoms with E-state index >= 15 is 0 Å². The van der Waals surface area contributed by atoms with Gasteiger partial charge >= 0.3 is 0 Å². The molecular weight excluding hydrogens is 436 g/mol. The first kappa shape index (κ1) is 21.5. The van der Waals surface area contributed by atoms with Crippen LogP contribution in [0.2, 0.25) is 0 Å². The molecular formula is C25H26N4O3S. The third kappa shape index (κ3) is 3.84. The van der Waals surface area contributed by atoms with Crippen molar-refractivity contribution in [3.63, 3.8) is 0 Å². The van der Waals surface area contributed by atoms with E-state index in [0.717, 1.165) is 48.6 Å². The van der Waals surface area contributed by atoms with Gasteiger partial charge in [0, 0.05) is 30.6 Å². The van der Waals surface area contributed by atoms with Gasteiger partial charge in [-0.15, -0.1) is 0 Å². The molecule has 0 atom stereocenters. The molecule has 0 radical (unpaired) electrons. The average Bonchev–Trinajstić information content (AvgIpc) is 3.19. The lowest BCUT2D eigenvalue weighted by Crippen LogP contribution is -2.30. The highest BCUT2D eigenvalue weighted by molar-refractivity contribution is 7.90. The van der Waals surface area contributed by atoms with Gasteiger partial charge in [0.05, 0.1) is 10.5 Å². The number of piperidine rings is 1. The molecule has 3 heterocycles. The van der Waals surface area contributed by atoms with Crippen LogP contribution in [0.15, 0.2) is 64.3 Å². The molecule has 0 aliphatic carbocycles. The molecule has 0 unspecified atom stereocenters. The number of anilines is 1. The summed E-state index contributed by atoms with van der Waals surface area (Å²) in [6.45, 7) is 3.73. The van der Waals surface area contributed by atoms with Gasteiger partial charge in [-0.1, -0.05) is 42.5 Å². The molecule has 8 heteroatoms. The van der Waals surface area contributed by atoms with Crippen molar-refractivity contribution < 1.29 is 8.42 Å². The Labute approximate surface area is 192 Å². The van der Waals surface area contributed by atoms with E-state index in [9.17, 15) is 13.2 Å². The number of sulfone groups is 1. The lowest BCUT2D eigenvalue weighted by molar-refractivity contribution is 0.579. The molecule has 0 bridgehead atoms. The molecule has 33 heavy (non-hydrogen) atoms. The summed E-state index contributed by atoms with van der Waals surface area (Å²) < 4.78 is 25.1. The van der Waals surface area contributed by atoms with Crippen molar-refractivity contribution in [1.29, 1.82) is 0 Å². The van der Waals surface area contributed by atoms with E-state index < -0.39 is 9.84 Å². The minimum absolute atomic E-state index is 0.222. The Hall–Kier alpha value is -3.39. The van der Waals surface area contributed by atoms with Crippen LogP contribution in [0.1, 0.15) is 25.0 Å². The Kier molecular flexibility index (Phi) is 5.32. The quantitative estimate of drug-likeness (QED) is 0.494. The zero-order valence-electron chi connectivity index (χ0n) is 18.7. The molecule has 2 aromatic heterocycles. The van der Waals surface area contributed by atoms with Crippen LogP contribution in [0.4, 0.5) is 5.69 Å². The van der Waals surface area contributed by atoms with E-state index in [1.54, 1.807) is 12.1 Å². The average molecular weight is 463 g/mol. The molecule has 7 nitrogen and oxygen atoms in total. The number of aromatic amines is 1. The van der Waals surface area contributed by atoms with Gasteiger partial charge in [-0.05, 0) is 43.9 Å². The van der Waals surface area contributed by atoms with Crippen molar-refractivity contribution in [2.75, 3.05) is 24.2 Å². The summed E-state index contributed by atoms with van der Waals surface area (Å²) >= 11 is 0. The Morgan fingerprint density at radius 2 is 1.58 bits per heavy atom. The fourth-order valence-electron chi connectivity index (χ4n) is 4.59. The van der Waals surface area contributed by atoms with E-state index in [0.29, 0.717) is 16.8 Å². The van der Waals surface area contributed by atoms with Gasteiger partial charge in [-0.2, -0.15) is 9.61 Å². The van der Waals surface area contributed by atoms with Crippen LogP contribution >= 0.6 is 0 Å². The topological polar surface area (TPSA) is 87.5 Å². The van der Waals surface area contributed by atoms with Crippen LogP contribution in [0.25, 0.3) is 28.0 Å². The predicted molar refractivity (Wildman–Crippen MR) is 131 cm³/mol. The molecule has 2 aromatic carbocycles. The van der Waals surface area contributed by atoms with Crippen LogP contribution in [0, 0.1) is 6.92 Å². The zero-order valence-corrected chi connectivity index (χ0v) is 19.5. The summed E-state index contributed by atoms with van der Waals surface area (Å²) in [5.74, 6) is 0. The largest absolute Gasteiger partial charge is 0.367 e. The van der Waals surface area contributed by atoms with Gasteiger partial charge in [0.1, 0.15) is 11.4 Å². The second-order valence-electron chi connectivity index (χ2n) is 8.60. The number of benzene rings is 2. The summed E-state index contributed by atoms with van der Waals surface area (Å²) in [7, 11) is -3.31. The fraction of sp³-hybridized carbons (Fsp3) is 0.280. The third-order valence-corrected chi connectivity index (χ3v) is 7.37. The molecule has 1 saturated heterocycles. The summed E-state index contributed by atoms with van der Waals surface area (Å²) in [5, 5.41) is 4.78. The molecule has 0 amide bonds. The monoisotopic (exact) mass is 462 g/mol. The minimum atomic E-state index is -3.31. The second kappa shape index (κ2) is 8.19. The summed E-state index contributed by atoms with van der Waals surface area (Å²) in [5.41, 5.74) is 5.02. The molecule has 0 saturated carbocycles. The second-order valence-corrected chi connectivity index (χ2v) is 10.6. The number of nitrogens with zero attached hydrogens (tertiary/aromatic N) is 3. The number of nitrogens with one attached hydrogen (secondary N) is 1. The van der Waals surface area contributed by atoms with E-state index in [2.05, 4.69) is 9.88 Å². The fourth-order valence-corrected chi connectivity index (χ4v) is 5.22. The molecule has 0 spiro atoms. The van der Waals surface area contributed by atoms with Crippen LogP contribution in [-0.4, -0.2) is 42.4 Å². The number of H-pyrrole nitrogens is 1. The van der Waals surface area contributed by atoms with Crippen molar-refractivity contribution >= 4 is 21.2 Å². The Morgan fingerprint density at radius 1 is 0.909 bits per heavy atom. The van der Waals surface area contributed by atoms with Crippen molar-refractivity contribution in [3.05, 3.63) is 70.6 Å². The number of aromatic nitrogens is 3. The Balaban J connectivity index is 1.73. The maximum atomic E-state index is 13.7. The first-order chi connectivity index (χ1) is 15.8. The molecule has 4 aromatic rings. The van der Waals surface area contributed by atoms with Crippen molar-refractivity contribution in [2.24, 2.45) is 0 Å². The standard InChI is InChI=1S/C25H26N4O3S/c1-17-21(18-11-13-20(14-12-18)33(2,31)32)25(30)29-24(26-17)23(28-15-7-4-8-16-28)22(27-29)19-9-5-3-6-10-19/h3,5-6,9-14,26H,4,7-8,15-16H2,1-2H3. The Bertz CT molecular complexity index is 1480. The van der Waals surface area contributed by atoms with E-state index in [4.69, 9.17) is 5.10 Å². The van der Waals surface area contributed by atoms with E-state index in [1.165, 1.54) is 29.3 Å². The van der Waals surface area contributed by atoms with Crippen molar-refractivity contribution in [1.82, 2.24) is 14.6 Å². The zero-order chi connectivity index (χ0) is 23.2. The first-order valence-corrected chi connectivity index (χ1v) is 13.0. The van der Waals surface area contributed by atoms with Gasteiger partial charge < -0.3 is 9.88 Å². The van der Waals surface area contributed by atoms with Crippen molar-refractivity contribution in [3.8, 4) is 22.4 Å². The van der Waals surface area contributed by atoms with Crippen LogP contribution in [-0.2, 0) is 9.84 Å². The normalized spacial score (nSPS) is 14.7. The number of fused-ring (bicyclic) bond motifs is 1. The number of hydrogen-bond donors (Lipinski definition) is 1.